The number of piperidine rings is 1. The standard InChI is InChI=1S/C24H37N5O/c1-21(18-22-8-5-4-6-9-22)19-29-15-10-23(11-16-29)27-24(20-30)26-13-17-28(3)14-7-12-25-2/h4-6,8-9,13,17-18,20,23,25H,7,10-12,14-16,19H2,1-3H3,(H,26,27)/b17-13-,21-18+. The second kappa shape index (κ2) is 13.7. The van der Waals surface area contributed by atoms with Crippen molar-refractivity contribution in [3.05, 3.63) is 53.9 Å². The Hall–Kier alpha value is -2.44. The predicted octanol–water partition coefficient (Wildman–Crippen LogP) is 2.75. The number of nitrogens with zero attached hydrogens (tertiary/aromatic N) is 3. The first-order valence-corrected chi connectivity index (χ1v) is 10.9. The summed E-state index contributed by atoms with van der Waals surface area (Å²) in [6, 6.07) is 10.6. The monoisotopic (exact) mass is 411 g/mol. The molecule has 0 aliphatic carbocycles. The fourth-order valence-electron chi connectivity index (χ4n) is 3.57. The Morgan fingerprint density at radius 2 is 2.00 bits per heavy atom. The SMILES string of the molecule is CNCCCN(C)/C=C\NC(C=O)=NC1CCN(C/C(C)=C/c2ccccc2)CC1. The highest BCUT2D eigenvalue weighted by molar-refractivity contribution is 6.27. The normalized spacial score (nSPS) is 16.8. The van der Waals surface area contributed by atoms with Gasteiger partial charge in [0.05, 0.1) is 6.04 Å². The van der Waals surface area contributed by atoms with Crippen LogP contribution in [0.3, 0.4) is 0 Å². The molecular weight excluding hydrogens is 374 g/mol. The van der Waals surface area contributed by atoms with E-state index in [1.165, 1.54) is 11.1 Å². The average Bonchev–Trinajstić information content (AvgIpc) is 2.75. The van der Waals surface area contributed by atoms with Gasteiger partial charge in [0.1, 0.15) is 0 Å². The number of aliphatic imine (C=N–C) groups is 1. The van der Waals surface area contributed by atoms with Crippen LogP contribution in [0.5, 0.6) is 0 Å². The maximum absolute atomic E-state index is 11.4. The van der Waals surface area contributed by atoms with E-state index in [1.807, 2.05) is 26.4 Å². The summed E-state index contributed by atoms with van der Waals surface area (Å²) in [5, 5.41) is 6.17. The van der Waals surface area contributed by atoms with E-state index >= 15 is 0 Å². The summed E-state index contributed by atoms with van der Waals surface area (Å²) in [6.45, 7) is 7.13. The van der Waals surface area contributed by atoms with E-state index in [4.69, 9.17) is 0 Å². The van der Waals surface area contributed by atoms with Crippen LogP contribution in [-0.4, -0.2) is 74.8 Å². The van der Waals surface area contributed by atoms with Crippen LogP contribution < -0.4 is 10.6 Å². The van der Waals surface area contributed by atoms with Crippen molar-refractivity contribution < 1.29 is 4.79 Å². The second-order valence-electron chi connectivity index (χ2n) is 7.94. The largest absolute Gasteiger partial charge is 0.379 e. The minimum atomic E-state index is 0.203. The van der Waals surface area contributed by atoms with Crippen LogP contribution in [0, 0.1) is 0 Å². The van der Waals surface area contributed by atoms with Crippen molar-refractivity contribution in [3.63, 3.8) is 0 Å². The Bertz CT molecular complexity index is 706. The van der Waals surface area contributed by atoms with Gasteiger partial charge >= 0.3 is 0 Å². The highest BCUT2D eigenvalue weighted by Gasteiger charge is 2.19. The molecule has 1 aromatic carbocycles. The summed E-state index contributed by atoms with van der Waals surface area (Å²) in [7, 11) is 3.98. The predicted molar refractivity (Wildman–Crippen MR) is 127 cm³/mol. The van der Waals surface area contributed by atoms with Crippen molar-refractivity contribution in [1.29, 1.82) is 0 Å². The number of hydrogen-bond acceptors (Lipinski definition) is 5. The van der Waals surface area contributed by atoms with E-state index in [0.717, 1.165) is 58.3 Å². The van der Waals surface area contributed by atoms with Crippen molar-refractivity contribution in [3.8, 4) is 0 Å². The molecule has 1 saturated heterocycles. The molecule has 1 fully saturated rings. The van der Waals surface area contributed by atoms with Gasteiger partial charge in [0.2, 0.25) is 0 Å². The molecule has 1 aliphatic heterocycles. The molecule has 6 heteroatoms. The van der Waals surface area contributed by atoms with Crippen LogP contribution in [-0.2, 0) is 4.79 Å². The van der Waals surface area contributed by atoms with E-state index in [1.54, 1.807) is 6.20 Å². The molecule has 1 heterocycles. The van der Waals surface area contributed by atoms with Gasteiger partial charge in [0, 0.05) is 45.6 Å². The number of benzene rings is 1. The maximum atomic E-state index is 11.4. The number of nitrogens with one attached hydrogen (secondary N) is 2. The van der Waals surface area contributed by atoms with Gasteiger partial charge in [-0.05, 0) is 45.3 Å². The van der Waals surface area contributed by atoms with Crippen LogP contribution in [0.25, 0.3) is 6.08 Å². The Morgan fingerprint density at radius 1 is 1.27 bits per heavy atom. The van der Waals surface area contributed by atoms with E-state index in [2.05, 4.69) is 62.7 Å². The van der Waals surface area contributed by atoms with Crippen molar-refractivity contribution in [2.24, 2.45) is 4.99 Å². The minimum Gasteiger partial charge on any atom is -0.379 e. The molecular formula is C24H37N5O. The molecule has 1 aromatic rings. The van der Waals surface area contributed by atoms with Gasteiger partial charge in [-0.2, -0.15) is 0 Å². The van der Waals surface area contributed by atoms with Crippen molar-refractivity contribution in [2.75, 3.05) is 46.8 Å². The minimum absolute atomic E-state index is 0.203. The Kier molecular flexibility index (Phi) is 10.9. The number of hydrogen-bond donors (Lipinski definition) is 2. The topological polar surface area (TPSA) is 60.0 Å². The van der Waals surface area contributed by atoms with Gasteiger partial charge in [-0.3, -0.25) is 14.7 Å². The Morgan fingerprint density at radius 3 is 2.67 bits per heavy atom. The van der Waals surface area contributed by atoms with Crippen LogP contribution in [0.4, 0.5) is 0 Å². The third kappa shape index (κ3) is 9.37. The van der Waals surface area contributed by atoms with Crippen LogP contribution in [0.2, 0.25) is 0 Å². The number of rotatable bonds is 11. The molecule has 30 heavy (non-hydrogen) atoms. The first kappa shape index (κ1) is 23.8. The molecule has 164 valence electrons. The molecule has 0 radical (unpaired) electrons. The summed E-state index contributed by atoms with van der Waals surface area (Å²) < 4.78 is 0. The van der Waals surface area contributed by atoms with E-state index in [9.17, 15) is 4.79 Å². The van der Waals surface area contributed by atoms with Crippen molar-refractivity contribution in [1.82, 2.24) is 20.4 Å². The summed E-state index contributed by atoms with van der Waals surface area (Å²) in [5.74, 6) is 0.411. The van der Waals surface area contributed by atoms with Gasteiger partial charge in [0.15, 0.2) is 12.1 Å². The van der Waals surface area contributed by atoms with Gasteiger partial charge < -0.3 is 15.5 Å². The summed E-state index contributed by atoms with van der Waals surface area (Å²) >= 11 is 0. The molecule has 0 bridgehead atoms. The number of aldehydes is 1. The first-order chi connectivity index (χ1) is 14.6. The first-order valence-electron chi connectivity index (χ1n) is 10.9. The second-order valence-corrected chi connectivity index (χ2v) is 7.94. The van der Waals surface area contributed by atoms with Crippen LogP contribution in [0.1, 0.15) is 31.7 Å². The number of carbonyl (C=O) groups excluding carboxylic acids is 1. The zero-order valence-electron chi connectivity index (χ0n) is 18.7. The van der Waals surface area contributed by atoms with Crippen molar-refractivity contribution in [2.45, 2.75) is 32.2 Å². The summed E-state index contributed by atoms with van der Waals surface area (Å²) in [6.07, 6.45) is 9.82. The molecule has 0 aromatic heterocycles. The number of amidine groups is 1. The molecule has 0 amide bonds. The molecule has 2 rings (SSSR count). The highest BCUT2D eigenvalue weighted by Crippen LogP contribution is 2.16. The summed E-state index contributed by atoms with van der Waals surface area (Å²) in [4.78, 5) is 20.6. The fraction of sp³-hybridized carbons (Fsp3) is 0.500. The van der Waals surface area contributed by atoms with Gasteiger partial charge in [-0.1, -0.05) is 42.0 Å². The van der Waals surface area contributed by atoms with E-state index in [0.29, 0.717) is 5.84 Å². The van der Waals surface area contributed by atoms with Crippen LogP contribution >= 0.6 is 0 Å². The summed E-state index contributed by atoms with van der Waals surface area (Å²) in [5.41, 5.74) is 2.61. The van der Waals surface area contributed by atoms with Gasteiger partial charge in [-0.25, -0.2) is 0 Å². The molecule has 1 aliphatic rings. The van der Waals surface area contributed by atoms with Crippen LogP contribution in [0.15, 0.2) is 53.3 Å². The molecule has 2 N–H and O–H groups in total. The lowest BCUT2D eigenvalue weighted by Crippen LogP contribution is -2.37. The molecule has 0 unspecified atom stereocenters. The maximum Gasteiger partial charge on any atom is 0.184 e. The van der Waals surface area contributed by atoms with E-state index in [-0.39, 0.29) is 6.04 Å². The van der Waals surface area contributed by atoms with Gasteiger partial charge in [-0.15, -0.1) is 0 Å². The highest BCUT2D eigenvalue weighted by atomic mass is 16.1. The smallest absolute Gasteiger partial charge is 0.184 e. The lowest BCUT2D eigenvalue weighted by molar-refractivity contribution is -0.102. The lowest BCUT2D eigenvalue weighted by atomic mass is 10.0. The quantitative estimate of drug-likeness (QED) is 0.254. The van der Waals surface area contributed by atoms with Crippen molar-refractivity contribution >= 4 is 18.2 Å². The third-order valence-electron chi connectivity index (χ3n) is 5.17. The average molecular weight is 412 g/mol. The Labute approximate surface area is 181 Å². The fourth-order valence-corrected chi connectivity index (χ4v) is 3.57. The van der Waals surface area contributed by atoms with Gasteiger partial charge in [0.25, 0.3) is 0 Å². The number of carbonyl (C=O) groups is 1. The van der Waals surface area contributed by atoms with E-state index < -0.39 is 0 Å². The number of likely N-dealkylation sites (tertiary alicyclic amines) is 1. The lowest BCUT2D eigenvalue weighted by Gasteiger charge is -2.30. The zero-order chi connectivity index (χ0) is 21.6. The third-order valence-corrected chi connectivity index (χ3v) is 5.17. The molecule has 6 nitrogen and oxygen atoms in total. The molecule has 0 saturated carbocycles. The molecule has 0 spiro atoms. The zero-order valence-corrected chi connectivity index (χ0v) is 18.7. The molecule has 0 atom stereocenters. The Balaban J connectivity index is 1.75.